The summed E-state index contributed by atoms with van der Waals surface area (Å²) in [6, 6.07) is 12.2. The zero-order chi connectivity index (χ0) is 26.5. The number of anilines is 1. The fourth-order valence-electron chi connectivity index (χ4n) is 5.10. The molecule has 37 heavy (non-hydrogen) atoms. The Kier molecular flexibility index (Phi) is 8.88. The maximum absolute atomic E-state index is 13.5. The van der Waals surface area contributed by atoms with Crippen LogP contribution in [0.1, 0.15) is 61.8 Å². The van der Waals surface area contributed by atoms with Crippen molar-refractivity contribution in [1.29, 1.82) is 5.26 Å². The predicted molar refractivity (Wildman–Crippen MR) is 156 cm³/mol. The van der Waals surface area contributed by atoms with Gasteiger partial charge in [0.05, 0.1) is 4.91 Å². The number of thioether (sulfide) groups is 1. The number of pyridine rings is 1. The number of benzene rings is 1. The first-order valence-electron chi connectivity index (χ1n) is 13.1. The van der Waals surface area contributed by atoms with Crippen molar-refractivity contribution < 1.29 is 4.79 Å². The largest absolute Gasteiger partial charge is 0.357 e. The second-order valence-electron chi connectivity index (χ2n) is 9.92. The fraction of sp³-hybridized carbons (Fsp3) is 0.448. The third-order valence-corrected chi connectivity index (χ3v) is 8.53. The second kappa shape index (κ2) is 12.1. The van der Waals surface area contributed by atoms with E-state index in [-0.39, 0.29) is 17.0 Å². The second-order valence-corrected chi connectivity index (χ2v) is 11.6. The van der Waals surface area contributed by atoms with Crippen LogP contribution in [0.2, 0.25) is 0 Å². The summed E-state index contributed by atoms with van der Waals surface area (Å²) in [6.07, 6.45) is 6.56. The Morgan fingerprint density at radius 3 is 2.65 bits per heavy atom. The van der Waals surface area contributed by atoms with E-state index in [1.54, 1.807) is 9.47 Å². The van der Waals surface area contributed by atoms with E-state index < -0.39 is 0 Å². The Hall–Kier alpha value is -2.89. The molecular formula is C29H34N4O2S2. The average Bonchev–Trinajstić information content (AvgIpc) is 3.16. The minimum atomic E-state index is -0.241. The van der Waals surface area contributed by atoms with Crippen LogP contribution in [0.3, 0.4) is 0 Å². The third-order valence-electron chi connectivity index (χ3n) is 7.15. The summed E-state index contributed by atoms with van der Waals surface area (Å²) in [7, 11) is 0. The van der Waals surface area contributed by atoms with E-state index in [0.29, 0.717) is 33.8 Å². The van der Waals surface area contributed by atoms with Gasteiger partial charge in [0.15, 0.2) is 0 Å². The molecule has 2 fully saturated rings. The molecule has 194 valence electrons. The van der Waals surface area contributed by atoms with Gasteiger partial charge < -0.3 is 4.90 Å². The Bertz CT molecular complexity index is 1310. The lowest BCUT2D eigenvalue weighted by Gasteiger charge is -2.36. The lowest BCUT2D eigenvalue weighted by Crippen LogP contribution is -2.40. The SMILES string of the molecule is CCCCn1c(N2CCCC(C)C2)c(/C=C2\SC(=S)N(CCc3ccccc3)C2=O)c(C)c(C#N)c1=O. The van der Waals surface area contributed by atoms with E-state index in [1.165, 1.54) is 11.8 Å². The van der Waals surface area contributed by atoms with Crippen LogP contribution < -0.4 is 10.5 Å². The number of nitriles is 1. The van der Waals surface area contributed by atoms with Gasteiger partial charge in [0.2, 0.25) is 0 Å². The monoisotopic (exact) mass is 534 g/mol. The first-order chi connectivity index (χ1) is 17.8. The van der Waals surface area contributed by atoms with Crippen molar-refractivity contribution in [2.24, 2.45) is 5.92 Å². The maximum Gasteiger partial charge on any atom is 0.270 e. The minimum Gasteiger partial charge on any atom is -0.357 e. The number of amides is 1. The highest BCUT2D eigenvalue weighted by atomic mass is 32.2. The number of rotatable bonds is 8. The maximum atomic E-state index is 13.5. The van der Waals surface area contributed by atoms with E-state index in [1.807, 2.05) is 43.3 Å². The zero-order valence-corrected chi connectivity index (χ0v) is 23.5. The molecule has 3 heterocycles. The topological polar surface area (TPSA) is 69.3 Å². The fourth-order valence-corrected chi connectivity index (χ4v) is 6.39. The van der Waals surface area contributed by atoms with Gasteiger partial charge in [-0.3, -0.25) is 19.1 Å². The summed E-state index contributed by atoms with van der Waals surface area (Å²) in [4.78, 5) is 31.4. The van der Waals surface area contributed by atoms with E-state index in [4.69, 9.17) is 12.2 Å². The number of hydrogen-bond donors (Lipinski definition) is 0. The smallest absolute Gasteiger partial charge is 0.270 e. The van der Waals surface area contributed by atoms with Crippen LogP contribution >= 0.6 is 24.0 Å². The van der Waals surface area contributed by atoms with Crippen LogP contribution in [0.25, 0.3) is 6.08 Å². The first-order valence-corrected chi connectivity index (χ1v) is 14.3. The molecule has 0 spiro atoms. The highest BCUT2D eigenvalue weighted by molar-refractivity contribution is 8.26. The number of thiocarbonyl (C=S) groups is 1. The van der Waals surface area contributed by atoms with Crippen molar-refractivity contribution >= 4 is 46.1 Å². The molecule has 8 heteroatoms. The predicted octanol–water partition coefficient (Wildman–Crippen LogP) is 5.51. The van der Waals surface area contributed by atoms with Gasteiger partial charge in [-0.15, -0.1) is 0 Å². The van der Waals surface area contributed by atoms with Gasteiger partial charge in [0, 0.05) is 31.7 Å². The third kappa shape index (κ3) is 5.83. The van der Waals surface area contributed by atoms with E-state index in [9.17, 15) is 14.9 Å². The number of unbranched alkanes of at least 4 members (excludes halogenated alkanes) is 1. The van der Waals surface area contributed by atoms with Gasteiger partial charge in [-0.25, -0.2) is 0 Å². The summed E-state index contributed by atoms with van der Waals surface area (Å²) in [6.45, 7) is 8.90. The van der Waals surface area contributed by atoms with E-state index in [0.717, 1.165) is 62.1 Å². The molecule has 4 rings (SSSR count). The highest BCUT2D eigenvalue weighted by Gasteiger charge is 2.33. The number of nitrogens with zero attached hydrogens (tertiary/aromatic N) is 4. The van der Waals surface area contributed by atoms with Gasteiger partial charge in [-0.2, -0.15) is 5.26 Å². The van der Waals surface area contributed by atoms with Crippen molar-refractivity contribution in [2.75, 3.05) is 24.5 Å². The molecule has 6 nitrogen and oxygen atoms in total. The molecule has 2 aliphatic rings. The van der Waals surface area contributed by atoms with Crippen LogP contribution in [0.15, 0.2) is 40.0 Å². The van der Waals surface area contributed by atoms with Gasteiger partial charge in [0.1, 0.15) is 21.8 Å². The van der Waals surface area contributed by atoms with Crippen molar-refractivity contribution in [3.63, 3.8) is 0 Å². The number of piperidine rings is 1. The molecular weight excluding hydrogens is 500 g/mol. The van der Waals surface area contributed by atoms with Crippen molar-refractivity contribution in [3.05, 3.63) is 67.8 Å². The summed E-state index contributed by atoms with van der Waals surface area (Å²) in [5.74, 6) is 1.22. The molecule has 1 aromatic heterocycles. The first kappa shape index (κ1) is 27.2. The molecule has 0 saturated carbocycles. The molecule has 2 aliphatic heterocycles. The lowest BCUT2D eigenvalue weighted by atomic mass is 9.98. The Morgan fingerprint density at radius 2 is 1.97 bits per heavy atom. The van der Waals surface area contributed by atoms with E-state index in [2.05, 4.69) is 24.8 Å². The number of hydrogen-bond acceptors (Lipinski definition) is 6. The van der Waals surface area contributed by atoms with Gasteiger partial charge in [-0.1, -0.05) is 74.6 Å². The molecule has 0 aliphatic carbocycles. The van der Waals surface area contributed by atoms with Crippen molar-refractivity contribution in [3.8, 4) is 6.07 Å². The molecule has 2 aromatic rings. The lowest BCUT2D eigenvalue weighted by molar-refractivity contribution is -0.122. The molecule has 0 bridgehead atoms. The average molecular weight is 535 g/mol. The summed E-state index contributed by atoms with van der Waals surface area (Å²) in [5.41, 5.74) is 2.47. The normalized spacial score (nSPS) is 19.1. The zero-order valence-electron chi connectivity index (χ0n) is 21.8. The van der Waals surface area contributed by atoms with Crippen LogP contribution in [0.4, 0.5) is 5.82 Å². The van der Waals surface area contributed by atoms with Gasteiger partial charge in [0.25, 0.3) is 11.5 Å². The van der Waals surface area contributed by atoms with Crippen LogP contribution in [-0.4, -0.2) is 39.3 Å². The Balaban J connectivity index is 1.77. The summed E-state index contributed by atoms with van der Waals surface area (Å²) >= 11 is 6.89. The highest BCUT2D eigenvalue weighted by Crippen LogP contribution is 2.37. The van der Waals surface area contributed by atoms with Crippen molar-refractivity contribution in [1.82, 2.24) is 9.47 Å². The minimum absolute atomic E-state index is 0.117. The van der Waals surface area contributed by atoms with Gasteiger partial charge in [-0.05, 0) is 55.7 Å². The molecule has 1 atom stereocenters. The summed E-state index contributed by atoms with van der Waals surface area (Å²) in [5, 5.41) is 9.89. The molecule has 1 aromatic carbocycles. The molecule has 1 amide bonds. The van der Waals surface area contributed by atoms with Crippen LogP contribution in [0, 0.1) is 24.2 Å². The molecule has 1 unspecified atom stereocenters. The Morgan fingerprint density at radius 1 is 1.22 bits per heavy atom. The van der Waals surface area contributed by atoms with E-state index >= 15 is 0 Å². The Labute approximate surface area is 229 Å². The molecule has 2 saturated heterocycles. The van der Waals surface area contributed by atoms with Crippen LogP contribution in [0.5, 0.6) is 0 Å². The quantitative estimate of drug-likeness (QED) is 0.329. The standard InChI is InChI=1S/C29H34N4O2S2/c1-4-5-15-32-26(31-14-9-10-20(2)19-31)23(21(3)24(18-30)27(32)34)17-25-28(35)33(29(36)37-25)16-13-22-11-7-6-8-12-22/h6-8,11-12,17,20H,4-5,9-10,13-16,19H2,1-3H3/b25-17-. The molecule has 0 N–H and O–H groups in total. The van der Waals surface area contributed by atoms with Gasteiger partial charge >= 0.3 is 0 Å². The number of carbonyl (C=O) groups is 1. The van der Waals surface area contributed by atoms with Crippen LogP contribution in [-0.2, 0) is 17.8 Å². The molecule has 0 radical (unpaired) electrons. The summed E-state index contributed by atoms with van der Waals surface area (Å²) < 4.78 is 2.31. The number of aromatic nitrogens is 1. The van der Waals surface area contributed by atoms with Crippen molar-refractivity contribution in [2.45, 2.75) is 59.4 Å². The number of carbonyl (C=O) groups excluding carboxylic acids is 1.